The molecule has 2 aromatic rings. The van der Waals surface area contributed by atoms with Gasteiger partial charge in [0.25, 0.3) is 5.91 Å². The predicted octanol–water partition coefficient (Wildman–Crippen LogP) is 4.05. The Hall–Kier alpha value is -3.38. The highest BCUT2D eigenvalue weighted by molar-refractivity contribution is 5.95. The van der Waals surface area contributed by atoms with Gasteiger partial charge in [-0.15, -0.1) is 0 Å². The summed E-state index contributed by atoms with van der Waals surface area (Å²) >= 11 is 0. The molecule has 45 heavy (non-hydrogen) atoms. The number of methoxy groups -OCH3 is 2. The third-order valence-electron chi connectivity index (χ3n) is 8.14. The van der Waals surface area contributed by atoms with E-state index in [9.17, 15) is 14.4 Å². The van der Waals surface area contributed by atoms with Crippen molar-refractivity contribution >= 4 is 28.9 Å². The van der Waals surface area contributed by atoms with Crippen LogP contribution in [-0.4, -0.2) is 121 Å². The lowest BCUT2D eigenvalue weighted by molar-refractivity contribution is -0.142. The third-order valence-corrected chi connectivity index (χ3v) is 8.14. The highest BCUT2D eigenvalue weighted by Crippen LogP contribution is 2.29. The van der Waals surface area contributed by atoms with Gasteiger partial charge in [0, 0.05) is 59.1 Å². The Labute approximate surface area is 266 Å². The van der Waals surface area contributed by atoms with Crippen molar-refractivity contribution in [2.24, 2.45) is 11.8 Å². The SMILES string of the molecule is COCCCCn1c(C(=O)N(CC(C)C)[C@H]2C[C@@H](C(=O)N3CCOCC3)CN(C(=O)OC(C)(C)C)C2)nc2ccc(OC)cc21. The number of aromatic nitrogens is 2. The molecule has 2 atom stereocenters. The summed E-state index contributed by atoms with van der Waals surface area (Å²) in [6, 6.07) is 5.20. The van der Waals surface area contributed by atoms with Gasteiger partial charge in [0.15, 0.2) is 5.82 Å². The van der Waals surface area contributed by atoms with Crippen molar-refractivity contribution in [2.45, 2.75) is 72.1 Å². The van der Waals surface area contributed by atoms with Gasteiger partial charge in [0.2, 0.25) is 5.91 Å². The van der Waals surface area contributed by atoms with E-state index in [0.29, 0.717) is 69.5 Å². The number of carbonyl (C=O) groups excluding carboxylic acids is 3. The van der Waals surface area contributed by atoms with E-state index in [1.807, 2.05) is 53.3 Å². The second-order valence-corrected chi connectivity index (χ2v) is 13.4. The summed E-state index contributed by atoms with van der Waals surface area (Å²) in [6.07, 6.45) is 1.59. The van der Waals surface area contributed by atoms with Crippen LogP contribution in [0.1, 0.15) is 64.5 Å². The van der Waals surface area contributed by atoms with Crippen LogP contribution in [0, 0.1) is 11.8 Å². The summed E-state index contributed by atoms with van der Waals surface area (Å²) < 4.78 is 23.9. The van der Waals surface area contributed by atoms with Crippen molar-refractivity contribution < 1.29 is 33.3 Å². The molecule has 4 rings (SSSR count). The first kappa shape index (κ1) is 34.5. The van der Waals surface area contributed by atoms with Crippen molar-refractivity contribution in [3.05, 3.63) is 24.0 Å². The number of aryl methyl sites for hydroxylation is 1. The normalized spacial score (nSPS) is 19.2. The number of piperidine rings is 1. The Bertz CT molecular complexity index is 1310. The standard InChI is InChI=1S/C33H51N5O7/c1-23(2)20-38(31(40)29-34-27-11-10-26(43-7)19-28(27)37(29)12-8-9-15-42-6)25-18-24(30(39)35-13-16-44-17-14-35)21-36(22-25)32(41)45-33(3,4)5/h10-11,19,23-25H,8-9,12-18,20-22H2,1-7H3/t24-,25+/m1/s1. The van der Waals surface area contributed by atoms with Crippen LogP contribution in [0.25, 0.3) is 11.0 Å². The van der Waals surface area contributed by atoms with Crippen LogP contribution in [0.15, 0.2) is 18.2 Å². The summed E-state index contributed by atoms with van der Waals surface area (Å²) in [4.78, 5) is 51.9. The number of ether oxygens (including phenoxy) is 4. The van der Waals surface area contributed by atoms with Crippen molar-refractivity contribution in [1.29, 1.82) is 0 Å². The zero-order valence-corrected chi connectivity index (χ0v) is 28.0. The highest BCUT2D eigenvalue weighted by Gasteiger charge is 2.42. The summed E-state index contributed by atoms with van der Waals surface area (Å²) in [5, 5.41) is 0. The van der Waals surface area contributed by atoms with Gasteiger partial charge in [-0.1, -0.05) is 13.8 Å². The van der Waals surface area contributed by atoms with Gasteiger partial charge in [-0.2, -0.15) is 0 Å². The number of imidazole rings is 1. The topological polar surface area (TPSA) is 116 Å². The number of morpholine rings is 1. The smallest absolute Gasteiger partial charge is 0.410 e. The first-order valence-corrected chi connectivity index (χ1v) is 16.1. The Morgan fingerprint density at radius 2 is 1.80 bits per heavy atom. The number of fused-ring (bicyclic) bond motifs is 1. The van der Waals surface area contributed by atoms with E-state index < -0.39 is 23.7 Å². The van der Waals surface area contributed by atoms with Crippen LogP contribution >= 0.6 is 0 Å². The Balaban J connectivity index is 1.71. The van der Waals surface area contributed by atoms with E-state index >= 15 is 0 Å². The molecule has 0 unspecified atom stereocenters. The summed E-state index contributed by atoms with van der Waals surface area (Å²) in [5.41, 5.74) is 0.824. The number of rotatable bonds is 11. The van der Waals surface area contributed by atoms with E-state index in [-0.39, 0.29) is 30.8 Å². The van der Waals surface area contributed by atoms with Crippen LogP contribution in [0.3, 0.4) is 0 Å². The molecule has 0 spiro atoms. The molecule has 3 amide bonds. The molecule has 2 fully saturated rings. The van der Waals surface area contributed by atoms with E-state index in [4.69, 9.17) is 23.9 Å². The maximum atomic E-state index is 14.6. The van der Waals surface area contributed by atoms with E-state index in [0.717, 1.165) is 18.4 Å². The average Bonchev–Trinajstić information content (AvgIpc) is 3.38. The molecule has 2 saturated heterocycles. The van der Waals surface area contributed by atoms with E-state index in [1.165, 1.54) is 0 Å². The van der Waals surface area contributed by atoms with Gasteiger partial charge in [0.1, 0.15) is 11.4 Å². The minimum Gasteiger partial charge on any atom is -0.497 e. The lowest BCUT2D eigenvalue weighted by Gasteiger charge is -2.44. The molecule has 0 radical (unpaired) electrons. The van der Waals surface area contributed by atoms with Crippen molar-refractivity contribution in [3.8, 4) is 5.75 Å². The Kier molecular flexibility index (Phi) is 11.7. The quantitative estimate of drug-likeness (QED) is 0.342. The molecule has 0 saturated carbocycles. The lowest BCUT2D eigenvalue weighted by atomic mass is 9.91. The Morgan fingerprint density at radius 3 is 2.44 bits per heavy atom. The average molecular weight is 630 g/mol. The van der Waals surface area contributed by atoms with Crippen LogP contribution in [-0.2, 0) is 25.5 Å². The van der Waals surface area contributed by atoms with Gasteiger partial charge in [-0.05, 0) is 58.1 Å². The number of nitrogens with zero attached hydrogens (tertiary/aromatic N) is 5. The second kappa shape index (κ2) is 15.3. The largest absolute Gasteiger partial charge is 0.497 e. The number of likely N-dealkylation sites (tertiary alicyclic amines) is 1. The summed E-state index contributed by atoms with van der Waals surface area (Å²) in [6.45, 7) is 13.7. The molecular formula is C33H51N5O7. The molecule has 1 aromatic heterocycles. The molecule has 12 heteroatoms. The van der Waals surface area contributed by atoms with Crippen LogP contribution in [0.4, 0.5) is 4.79 Å². The number of hydrogen-bond acceptors (Lipinski definition) is 8. The molecule has 250 valence electrons. The zero-order chi connectivity index (χ0) is 32.7. The summed E-state index contributed by atoms with van der Waals surface area (Å²) in [7, 11) is 3.29. The molecule has 3 heterocycles. The minimum atomic E-state index is -0.699. The maximum Gasteiger partial charge on any atom is 0.410 e. The van der Waals surface area contributed by atoms with Crippen LogP contribution in [0.2, 0.25) is 0 Å². The minimum absolute atomic E-state index is 0.0222. The number of carbonyl (C=O) groups is 3. The van der Waals surface area contributed by atoms with Crippen molar-refractivity contribution in [2.75, 3.05) is 66.8 Å². The van der Waals surface area contributed by atoms with Crippen LogP contribution < -0.4 is 4.74 Å². The highest BCUT2D eigenvalue weighted by atomic mass is 16.6. The first-order valence-electron chi connectivity index (χ1n) is 16.1. The Morgan fingerprint density at radius 1 is 1.07 bits per heavy atom. The van der Waals surface area contributed by atoms with Crippen LogP contribution in [0.5, 0.6) is 5.75 Å². The third kappa shape index (κ3) is 8.88. The zero-order valence-electron chi connectivity index (χ0n) is 28.0. The molecular weight excluding hydrogens is 578 g/mol. The van der Waals surface area contributed by atoms with Gasteiger partial charge < -0.3 is 38.2 Å². The molecule has 0 aliphatic carbocycles. The van der Waals surface area contributed by atoms with E-state index in [2.05, 4.69) is 13.8 Å². The number of amides is 3. The predicted molar refractivity (Wildman–Crippen MR) is 170 cm³/mol. The fourth-order valence-electron chi connectivity index (χ4n) is 6.05. The second-order valence-electron chi connectivity index (χ2n) is 13.4. The summed E-state index contributed by atoms with van der Waals surface area (Å²) in [5.74, 6) is 0.433. The molecule has 12 nitrogen and oxygen atoms in total. The molecule has 1 aromatic carbocycles. The maximum absolute atomic E-state index is 14.6. The number of benzene rings is 1. The molecule has 2 aliphatic heterocycles. The van der Waals surface area contributed by atoms with Crippen molar-refractivity contribution in [1.82, 2.24) is 24.3 Å². The number of unbranched alkanes of at least 4 members (excludes halogenated alkanes) is 1. The van der Waals surface area contributed by atoms with Gasteiger partial charge >= 0.3 is 6.09 Å². The molecule has 2 aliphatic rings. The molecule has 0 bridgehead atoms. The first-order chi connectivity index (χ1) is 21.4. The lowest BCUT2D eigenvalue weighted by Crippen LogP contribution is -2.58. The molecule has 0 N–H and O–H groups in total. The monoisotopic (exact) mass is 629 g/mol. The number of hydrogen-bond donors (Lipinski definition) is 0. The fourth-order valence-corrected chi connectivity index (χ4v) is 6.05. The van der Waals surface area contributed by atoms with Crippen molar-refractivity contribution in [3.63, 3.8) is 0 Å². The fraction of sp³-hybridized carbons (Fsp3) is 0.697. The van der Waals surface area contributed by atoms with Gasteiger partial charge in [-0.25, -0.2) is 9.78 Å². The van der Waals surface area contributed by atoms with Gasteiger partial charge in [0.05, 0.1) is 43.3 Å². The van der Waals surface area contributed by atoms with E-state index in [1.54, 1.807) is 19.1 Å². The van der Waals surface area contributed by atoms with Gasteiger partial charge in [-0.3, -0.25) is 9.59 Å².